The lowest BCUT2D eigenvalue weighted by Gasteiger charge is -2.30. The molecule has 0 bridgehead atoms. The fourth-order valence-electron chi connectivity index (χ4n) is 3.65. The van der Waals surface area contributed by atoms with E-state index in [0.29, 0.717) is 18.7 Å². The van der Waals surface area contributed by atoms with Gasteiger partial charge >= 0.3 is 0 Å². The Labute approximate surface area is 204 Å². The van der Waals surface area contributed by atoms with Crippen molar-refractivity contribution in [1.29, 1.82) is 0 Å². The summed E-state index contributed by atoms with van der Waals surface area (Å²) in [5.74, 6) is -0.382. The van der Waals surface area contributed by atoms with Crippen molar-refractivity contribution in [3.8, 4) is 0 Å². The molecule has 2 amide bonds. The first-order valence-electron chi connectivity index (χ1n) is 11.7. The lowest BCUT2D eigenvalue weighted by molar-refractivity contribution is -0.140. The van der Waals surface area contributed by atoms with Crippen LogP contribution in [-0.4, -0.2) is 50.0 Å². The van der Waals surface area contributed by atoms with E-state index in [1.165, 1.54) is 4.31 Å². The van der Waals surface area contributed by atoms with Gasteiger partial charge in [0.05, 0.1) is 11.9 Å². The van der Waals surface area contributed by atoms with Gasteiger partial charge in [0, 0.05) is 25.6 Å². The summed E-state index contributed by atoms with van der Waals surface area (Å²) in [6.07, 6.45) is 2.43. The number of hydrogen-bond acceptors (Lipinski definition) is 4. The number of hydrogen-bond donors (Lipinski definition) is 1. The Morgan fingerprint density at radius 2 is 1.71 bits per heavy atom. The molecule has 2 rings (SSSR count). The van der Waals surface area contributed by atoms with Crippen LogP contribution in [0.4, 0.5) is 5.69 Å². The van der Waals surface area contributed by atoms with E-state index in [-0.39, 0.29) is 30.8 Å². The molecule has 7 nitrogen and oxygen atoms in total. The van der Waals surface area contributed by atoms with Gasteiger partial charge in [-0.05, 0) is 51.3 Å². The van der Waals surface area contributed by atoms with Crippen LogP contribution in [0.5, 0.6) is 0 Å². The zero-order valence-corrected chi connectivity index (χ0v) is 21.6. The minimum atomic E-state index is -3.49. The van der Waals surface area contributed by atoms with Crippen LogP contribution in [0.3, 0.4) is 0 Å². The minimum absolute atomic E-state index is 0.0139. The highest BCUT2D eigenvalue weighted by Gasteiger charge is 2.27. The number of nitrogens with zero attached hydrogens (tertiary/aromatic N) is 2. The number of sulfonamides is 1. The van der Waals surface area contributed by atoms with E-state index < -0.39 is 16.1 Å². The smallest absolute Gasteiger partial charge is 0.242 e. The zero-order chi connectivity index (χ0) is 25.3. The maximum absolute atomic E-state index is 13.3. The van der Waals surface area contributed by atoms with Crippen LogP contribution in [0.25, 0.3) is 0 Å². The van der Waals surface area contributed by atoms with Gasteiger partial charge in [-0.3, -0.25) is 13.9 Å². The Morgan fingerprint density at radius 3 is 2.29 bits per heavy atom. The zero-order valence-electron chi connectivity index (χ0n) is 20.8. The van der Waals surface area contributed by atoms with Crippen LogP contribution >= 0.6 is 0 Å². The van der Waals surface area contributed by atoms with Crippen molar-refractivity contribution >= 4 is 27.5 Å². The summed E-state index contributed by atoms with van der Waals surface area (Å²) >= 11 is 0. The molecule has 0 heterocycles. The predicted octanol–water partition coefficient (Wildman–Crippen LogP) is 3.87. The van der Waals surface area contributed by atoms with Gasteiger partial charge in [-0.1, -0.05) is 55.0 Å². The van der Waals surface area contributed by atoms with Crippen molar-refractivity contribution in [2.45, 2.75) is 65.6 Å². The molecule has 8 heteroatoms. The molecule has 0 saturated carbocycles. The highest BCUT2D eigenvalue weighted by Crippen LogP contribution is 2.19. The van der Waals surface area contributed by atoms with Gasteiger partial charge in [0.1, 0.15) is 6.04 Å². The molecular weight excluding hydrogens is 450 g/mol. The van der Waals surface area contributed by atoms with Crippen LogP contribution in [0.1, 0.15) is 51.2 Å². The van der Waals surface area contributed by atoms with Crippen molar-refractivity contribution in [2.24, 2.45) is 0 Å². The van der Waals surface area contributed by atoms with Crippen molar-refractivity contribution in [3.63, 3.8) is 0 Å². The quantitative estimate of drug-likeness (QED) is 0.492. The van der Waals surface area contributed by atoms with E-state index in [4.69, 9.17) is 0 Å². The van der Waals surface area contributed by atoms with Crippen LogP contribution in [0, 0.1) is 6.92 Å². The van der Waals surface area contributed by atoms with Crippen molar-refractivity contribution in [3.05, 3.63) is 65.7 Å². The molecule has 0 spiro atoms. The highest BCUT2D eigenvalue weighted by molar-refractivity contribution is 7.92. The molecule has 1 N–H and O–H groups in total. The Bertz CT molecular complexity index is 1060. The van der Waals surface area contributed by atoms with E-state index in [1.54, 1.807) is 36.1 Å². The van der Waals surface area contributed by atoms with Gasteiger partial charge < -0.3 is 10.2 Å². The summed E-state index contributed by atoms with van der Waals surface area (Å²) in [7, 11) is -3.49. The average Bonchev–Trinajstić information content (AvgIpc) is 2.79. The number of nitrogens with one attached hydrogen (secondary N) is 1. The Balaban J connectivity index is 2.15. The van der Waals surface area contributed by atoms with Gasteiger partial charge in [0.2, 0.25) is 21.8 Å². The second-order valence-electron chi connectivity index (χ2n) is 8.78. The number of rotatable bonds is 12. The third-order valence-electron chi connectivity index (χ3n) is 5.80. The standard InChI is InChI=1S/C26H37N3O4S/c1-6-21(3)27-26(31)22(4)28(19-23-13-10-12-20(2)18-23)25(30)16-11-17-29(34(5,32)33)24-14-8-7-9-15-24/h7-10,12-15,18,21-22H,6,11,16-17,19H2,1-5H3,(H,27,31)/t21-,22+/m0/s1. The molecule has 2 aromatic rings. The fourth-order valence-corrected chi connectivity index (χ4v) is 4.62. The SMILES string of the molecule is CC[C@H](C)NC(=O)[C@@H](C)N(Cc1cccc(C)c1)C(=O)CCCN(c1ccccc1)S(C)(=O)=O. The number of amides is 2. The van der Waals surface area contributed by atoms with Gasteiger partial charge in [0.25, 0.3) is 0 Å². The normalized spacial score (nSPS) is 13.1. The van der Waals surface area contributed by atoms with Crippen molar-refractivity contribution in [1.82, 2.24) is 10.2 Å². The van der Waals surface area contributed by atoms with E-state index in [0.717, 1.165) is 23.8 Å². The van der Waals surface area contributed by atoms with Crippen molar-refractivity contribution < 1.29 is 18.0 Å². The third-order valence-corrected chi connectivity index (χ3v) is 6.99. The number of aryl methyl sites for hydroxylation is 1. The summed E-state index contributed by atoms with van der Waals surface area (Å²) in [5.41, 5.74) is 2.59. The average molecular weight is 488 g/mol. The molecule has 0 aliphatic heterocycles. The molecular formula is C26H37N3O4S. The second kappa shape index (κ2) is 12.6. The minimum Gasteiger partial charge on any atom is -0.352 e. The molecule has 186 valence electrons. The van der Waals surface area contributed by atoms with Crippen LogP contribution in [0.15, 0.2) is 54.6 Å². The molecule has 34 heavy (non-hydrogen) atoms. The van der Waals surface area contributed by atoms with Crippen LogP contribution < -0.4 is 9.62 Å². The van der Waals surface area contributed by atoms with E-state index in [1.807, 2.05) is 51.1 Å². The number of para-hydroxylation sites is 1. The maximum atomic E-state index is 13.3. The molecule has 0 radical (unpaired) electrons. The molecule has 0 aromatic heterocycles. The summed E-state index contributed by atoms with van der Waals surface area (Å²) in [4.78, 5) is 27.7. The van der Waals surface area contributed by atoms with E-state index in [2.05, 4.69) is 5.32 Å². The second-order valence-corrected chi connectivity index (χ2v) is 10.7. The van der Waals surface area contributed by atoms with Crippen molar-refractivity contribution in [2.75, 3.05) is 17.1 Å². The number of carbonyl (C=O) groups is 2. The van der Waals surface area contributed by atoms with E-state index >= 15 is 0 Å². The fraction of sp³-hybridized carbons (Fsp3) is 0.462. The number of carbonyl (C=O) groups excluding carboxylic acids is 2. The molecule has 0 aliphatic carbocycles. The summed E-state index contributed by atoms with van der Waals surface area (Å²) in [6.45, 7) is 8.13. The molecule has 0 saturated heterocycles. The Morgan fingerprint density at radius 1 is 1.03 bits per heavy atom. The predicted molar refractivity (Wildman–Crippen MR) is 137 cm³/mol. The third kappa shape index (κ3) is 8.17. The van der Waals surface area contributed by atoms with Gasteiger partial charge in [-0.15, -0.1) is 0 Å². The maximum Gasteiger partial charge on any atom is 0.242 e. The van der Waals surface area contributed by atoms with Gasteiger partial charge in [-0.25, -0.2) is 8.42 Å². The molecule has 2 atom stereocenters. The van der Waals surface area contributed by atoms with Crippen LogP contribution in [0.2, 0.25) is 0 Å². The highest BCUT2D eigenvalue weighted by atomic mass is 32.2. The van der Waals surface area contributed by atoms with Gasteiger partial charge in [-0.2, -0.15) is 0 Å². The van der Waals surface area contributed by atoms with Crippen LogP contribution in [-0.2, 0) is 26.2 Å². The molecule has 2 aromatic carbocycles. The largest absolute Gasteiger partial charge is 0.352 e. The molecule has 0 fully saturated rings. The molecule has 0 unspecified atom stereocenters. The number of anilines is 1. The topological polar surface area (TPSA) is 86.8 Å². The lowest BCUT2D eigenvalue weighted by atomic mass is 10.1. The van der Waals surface area contributed by atoms with Gasteiger partial charge in [0.15, 0.2) is 0 Å². The lowest BCUT2D eigenvalue weighted by Crippen LogP contribution is -2.49. The first kappa shape index (κ1) is 27.4. The first-order chi connectivity index (χ1) is 16.0. The first-order valence-corrected chi connectivity index (χ1v) is 13.6. The molecule has 0 aliphatic rings. The van der Waals surface area contributed by atoms with E-state index in [9.17, 15) is 18.0 Å². The summed E-state index contributed by atoms with van der Waals surface area (Å²) in [5, 5.41) is 2.96. The summed E-state index contributed by atoms with van der Waals surface area (Å²) < 4.78 is 26.0. The number of benzene rings is 2. The monoisotopic (exact) mass is 487 g/mol. The Kier molecular flexibility index (Phi) is 10.1. The Hall–Kier alpha value is -2.87. The summed E-state index contributed by atoms with van der Waals surface area (Å²) in [6, 6.07) is 16.1.